The summed E-state index contributed by atoms with van der Waals surface area (Å²) in [4.78, 5) is 25.8. The Balaban J connectivity index is 1.92. The number of benzene rings is 2. The van der Waals surface area contributed by atoms with Crippen molar-refractivity contribution in [1.82, 2.24) is 0 Å². The fourth-order valence-corrected chi connectivity index (χ4v) is 1.90. The second-order valence-electron chi connectivity index (χ2n) is 5.14. The number of ether oxygens (including phenoxy) is 1. The van der Waals surface area contributed by atoms with E-state index in [1.807, 2.05) is 0 Å². The largest absolute Gasteiger partial charge is 0.479 e. The number of carboxylic acid groups (broad SMARTS) is 2. The van der Waals surface area contributed by atoms with Gasteiger partial charge in [0.15, 0.2) is 6.10 Å². The first-order valence-electron chi connectivity index (χ1n) is 7.27. The third-order valence-electron chi connectivity index (χ3n) is 3.26. The maximum atomic E-state index is 10.8. The van der Waals surface area contributed by atoms with Crippen LogP contribution in [0.5, 0.6) is 5.75 Å². The van der Waals surface area contributed by atoms with E-state index in [1.54, 1.807) is 54.7 Å². The first-order chi connectivity index (χ1) is 11.5. The van der Waals surface area contributed by atoms with Crippen molar-refractivity contribution in [1.29, 1.82) is 0 Å². The number of hydrogen-bond acceptors (Lipinski definition) is 4. The van der Waals surface area contributed by atoms with Crippen LogP contribution in [-0.4, -0.2) is 34.5 Å². The van der Waals surface area contributed by atoms with Gasteiger partial charge in [0, 0.05) is 6.21 Å². The van der Waals surface area contributed by atoms with E-state index in [4.69, 9.17) is 14.9 Å². The fraction of sp³-hybridized carbons (Fsp3) is 0.167. The molecule has 2 aromatic rings. The summed E-state index contributed by atoms with van der Waals surface area (Å²) in [5.74, 6) is -1.49. The molecule has 0 aliphatic heterocycles. The standard InChI is InChI=1S/C18H17NO5/c1-12(17(20)21)24-16-8-4-14(5-9-16)11-19-10-13-2-6-15(7-3-13)18(22)23/h2-9,11-12H,10H2,1H3,(H,20,21)(H,22,23)/t12-/m1/s1. The van der Waals surface area contributed by atoms with E-state index >= 15 is 0 Å². The van der Waals surface area contributed by atoms with Crippen LogP contribution in [-0.2, 0) is 11.3 Å². The average Bonchev–Trinajstić information content (AvgIpc) is 2.56. The van der Waals surface area contributed by atoms with Crippen LogP contribution in [0.3, 0.4) is 0 Å². The molecule has 0 aromatic heterocycles. The zero-order valence-corrected chi connectivity index (χ0v) is 13.0. The number of hydrogen-bond donors (Lipinski definition) is 2. The molecule has 24 heavy (non-hydrogen) atoms. The number of aromatic carboxylic acids is 1. The lowest BCUT2D eigenvalue weighted by atomic mass is 10.1. The summed E-state index contributed by atoms with van der Waals surface area (Å²) >= 11 is 0. The van der Waals surface area contributed by atoms with Gasteiger partial charge in [-0.15, -0.1) is 0 Å². The van der Waals surface area contributed by atoms with Crippen LogP contribution < -0.4 is 4.74 Å². The first-order valence-corrected chi connectivity index (χ1v) is 7.27. The molecule has 2 aromatic carbocycles. The van der Waals surface area contributed by atoms with Crippen molar-refractivity contribution in [2.24, 2.45) is 4.99 Å². The lowest BCUT2D eigenvalue weighted by molar-refractivity contribution is -0.144. The molecule has 0 radical (unpaired) electrons. The second-order valence-corrected chi connectivity index (χ2v) is 5.14. The summed E-state index contributed by atoms with van der Waals surface area (Å²) in [7, 11) is 0. The molecular formula is C18H17NO5. The molecular weight excluding hydrogens is 310 g/mol. The molecule has 0 spiro atoms. The molecule has 0 saturated heterocycles. The molecule has 0 fully saturated rings. The summed E-state index contributed by atoms with van der Waals surface area (Å²) in [6, 6.07) is 13.5. The van der Waals surface area contributed by atoms with Crippen LogP contribution in [0.15, 0.2) is 53.5 Å². The maximum absolute atomic E-state index is 10.8. The molecule has 0 aliphatic carbocycles. The Morgan fingerprint density at radius 1 is 1.08 bits per heavy atom. The van der Waals surface area contributed by atoms with Crippen LogP contribution in [0.4, 0.5) is 0 Å². The summed E-state index contributed by atoms with van der Waals surface area (Å²) in [5.41, 5.74) is 2.01. The van der Waals surface area contributed by atoms with Gasteiger partial charge >= 0.3 is 11.9 Å². The molecule has 0 saturated carbocycles. The van der Waals surface area contributed by atoms with Crippen LogP contribution in [0.1, 0.15) is 28.4 Å². The number of aliphatic imine (C=N–C) groups is 1. The van der Waals surface area contributed by atoms with E-state index in [-0.39, 0.29) is 5.56 Å². The predicted molar refractivity (Wildman–Crippen MR) is 88.9 cm³/mol. The highest BCUT2D eigenvalue weighted by Gasteiger charge is 2.11. The molecule has 0 unspecified atom stereocenters. The Labute approximate surface area is 139 Å². The van der Waals surface area contributed by atoms with Gasteiger partial charge in [-0.05, 0) is 54.4 Å². The summed E-state index contributed by atoms with van der Waals surface area (Å²) in [6.07, 6.45) is 0.786. The molecule has 2 rings (SSSR count). The Morgan fingerprint density at radius 3 is 2.25 bits per heavy atom. The van der Waals surface area contributed by atoms with Crippen molar-refractivity contribution in [2.75, 3.05) is 0 Å². The van der Waals surface area contributed by atoms with Crippen molar-refractivity contribution in [3.63, 3.8) is 0 Å². The maximum Gasteiger partial charge on any atom is 0.344 e. The van der Waals surface area contributed by atoms with E-state index < -0.39 is 18.0 Å². The molecule has 1 atom stereocenters. The molecule has 2 N–H and O–H groups in total. The number of aliphatic carboxylic acids is 1. The van der Waals surface area contributed by atoms with Gasteiger partial charge in [-0.1, -0.05) is 12.1 Å². The van der Waals surface area contributed by atoms with Gasteiger partial charge in [0.25, 0.3) is 0 Å². The highest BCUT2D eigenvalue weighted by molar-refractivity contribution is 5.87. The Kier molecular flexibility index (Phi) is 5.68. The van der Waals surface area contributed by atoms with Crippen molar-refractivity contribution in [3.8, 4) is 5.75 Å². The SMILES string of the molecule is C[C@@H](Oc1ccc(C=NCc2ccc(C(=O)O)cc2)cc1)C(=O)O. The lowest BCUT2D eigenvalue weighted by Crippen LogP contribution is -2.22. The number of carbonyl (C=O) groups is 2. The average molecular weight is 327 g/mol. The molecule has 6 heteroatoms. The van der Waals surface area contributed by atoms with Crippen molar-refractivity contribution < 1.29 is 24.5 Å². The highest BCUT2D eigenvalue weighted by atomic mass is 16.5. The minimum atomic E-state index is -1.02. The minimum absolute atomic E-state index is 0.244. The second kappa shape index (κ2) is 7.92. The molecule has 0 aliphatic rings. The van der Waals surface area contributed by atoms with Gasteiger partial charge in [-0.3, -0.25) is 4.99 Å². The van der Waals surface area contributed by atoms with E-state index in [1.165, 1.54) is 6.92 Å². The van der Waals surface area contributed by atoms with E-state index in [0.29, 0.717) is 12.3 Å². The number of carboxylic acids is 2. The van der Waals surface area contributed by atoms with Gasteiger partial charge < -0.3 is 14.9 Å². The third kappa shape index (κ3) is 4.95. The minimum Gasteiger partial charge on any atom is -0.479 e. The zero-order chi connectivity index (χ0) is 17.5. The topological polar surface area (TPSA) is 96.2 Å². The third-order valence-corrected chi connectivity index (χ3v) is 3.26. The summed E-state index contributed by atoms with van der Waals surface area (Å²) < 4.78 is 5.24. The van der Waals surface area contributed by atoms with Crippen LogP contribution in [0.25, 0.3) is 0 Å². The smallest absolute Gasteiger partial charge is 0.344 e. The number of rotatable bonds is 7. The first kappa shape index (κ1) is 17.2. The quantitative estimate of drug-likeness (QED) is 0.762. The van der Waals surface area contributed by atoms with Gasteiger partial charge in [-0.2, -0.15) is 0 Å². The van der Waals surface area contributed by atoms with Crippen LogP contribution >= 0.6 is 0 Å². The van der Waals surface area contributed by atoms with Crippen molar-refractivity contribution >= 4 is 18.2 Å². The zero-order valence-electron chi connectivity index (χ0n) is 13.0. The molecule has 0 bridgehead atoms. The molecule has 6 nitrogen and oxygen atoms in total. The lowest BCUT2D eigenvalue weighted by Gasteiger charge is -2.09. The normalized spacial score (nSPS) is 12.0. The molecule has 0 amide bonds. The number of nitrogens with zero attached hydrogens (tertiary/aromatic N) is 1. The van der Waals surface area contributed by atoms with Crippen molar-refractivity contribution in [3.05, 3.63) is 65.2 Å². The van der Waals surface area contributed by atoms with Gasteiger partial charge in [-0.25, -0.2) is 9.59 Å². The monoisotopic (exact) mass is 327 g/mol. The van der Waals surface area contributed by atoms with E-state index in [9.17, 15) is 9.59 Å². The van der Waals surface area contributed by atoms with E-state index in [2.05, 4.69) is 4.99 Å². The van der Waals surface area contributed by atoms with Gasteiger partial charge in [0.2, 0.25) is 0 Å². The van der Waals surface area contributed by atoms with Gasteiger partial charge in [0.05, 0.1) is 12.1 Å². The molecule has 124 valence electrons. The molecule has 0 heterocycles. The summed E-state index contributed by atoms with van der Waals surface area (Å²) in [6.45, 7) is 1.90. The van der Waals surface area contributed by atoms with Crippen molar-refractivity contribution in [2.45, 2.75) is 19.6 Å². The summed E-state index contributed by atoms with van der Waals surface area (Å²) in [5, 5.41) is 17.6. The Morgan fingerprint density at radius 2 is 1.71 bits per heavy atom. The van der Waals surface area contributed by atoms with Gasteiger partial charge in [0.1, 0.15) is 5.75 Å². The van der Waals surface area contributed by atoms with Crippen LogP contribution in [0.2, 0.25) is 0 Å². The Hall–Kier alpha value is -3.15. The highest BCUT2D eigenvalue weighted by Crippen LogP contribution is 2.13. The van der Waals surface area contributed by atoms with E-state index in [0.717, 1.165) is 11.1 Å². The van der Waals surface area contributed by atoms with Crippen LogP contribution in [0, 0.1) is 0 Å². The Bertz CT molecular complexity index is 735. The fourth-order valence-electron chi connectivity index (χ4n) is 1.90. The predicted octanol–water partition coefficient (Wildman–Crippen LogP) is 2.86.